The van der Waals surface area contributed by atoms with E-state index in [1.165, 1.54) is 24.3 Å². The molecule has 0 spiro atoms. The molecule has 1 atom stereocenters. The Morgan fingerprint density at radius 2 is 1.90 bits per heavy atom. The zero-order chi connectivity index (χ0) is 20.4. The summed E-state index contributed by atoms with van der Waals surface area (Å²) in [4.78, 5) is 4.63. The number of nitrogens with one attached hydrogen (secondary N) is 1. The van der Waals surface area contributed by atoms with Crippen molar-refractivity contribution in [1.82, 2.24) is 20.1 Å². The lowest BCUT2D eigenvalue weighted by molar-refractivity contribution is 0.570. The van der Waals surface area contributed by atoms with Gasteiger partial charge in [0.25, 0.3) is 0 Å². The first-order valence-corrected chi connectivity index (χ1v) is 10.1. The quantitative estimate of drug-likeness (QED) is 0.461. The van der Waals surface area contributed by atoms with Crippen LogP contribution in [0, 0.1) is 18.6 Å². The zero-order valence-electron chi connectivity index (χ0n) is 16.1. The Labute approximate surface area is 171 Å². The van der Waals surface area contributed by atoms with Crippen LogP contribution in [0.4, 0.5) is 8.78 Å². The molecule has 2 aromatic heterocycles. The fraction of sp³-hybridized carbons (Fsp3) is 0.182. The molecule has 0 bridgehead atoms. The second-order valence-corrected chi connectivity index (χ2v) is 7.76. The number of nitrogens with zero attached hydrogens (tertiary/aromatic N) is 3. The van der Waals surface area contributed by atoms with Crippen molar-refractivity contribution in [2.24, 2.45) is 0 Å². The van der Waals surface area contributed by atoms with Gasteiger partial charge < -0.3 is 5.32 Å². The Morgan fingerprint density at radius 3 is 2.66 bits per heavy atom. The largest absolute Gasteiger partial charge is 0.304 e. The molecule has 0 aliphatic carbocycles. The number of rotatable bonds is 6. The van der Waals surface area contributed by atoms with Crippen molar-refractivity contribution >= 4 is 11.3 Å². The summed E-state index contributed by atoms with van der Waals surface area (Å²) in [7, 11) is 0. The maximum atomic E-state index is 13.5. The minimum absolute atomic E-state index is 0.0514. The summed E-state index contributed by atoms with van der Waals surface area (Å²) in [5.41, 5.74) is 4.44. The molecule has 4 aromatic rings. The van der Waals surface area contributed by atoms with Crippen LogP contribution in [0.1, 0.15) is 29.2 Å². The van der Waals surface area contributed by atoms with Crippen LogP contribution >= 0.6 is 11.3 Å². The molecule has 148 valence electrons. The van der Waals surface area contributed by atoms with Gasteiger partial charge in [0.1, 0.15) is 16.6 Å². The van der Waals surface area contributed by atoms with Gasteiger partial charge in [-0.2, -0.15) is 5.10 Å². The van der Waals surface area contributed by atoms with E-state index in [-0.39, 0.29) is 17.7 Å². The fourth-order valence-electron chi connectivity index (χ4n) is 3.21. The fourth-order valence-corrected chi connectivity index (χ4v) is 3.97. The molecule has 0 aliphatic heterocycles. The van der Waals surface area contributed by atoms with Gasteiger partial charge in [-0.3, -0.25) is 0 Å². The summed E-state index contributed by atoms with van der Waals surface area (Å²) in [6.07, 6.45) is 1.81. The van der Waals surface area contributed by atoms with Crippen LogP contribution in [0.25, 0.3) is 16.9 Å². The van der Waals surface area contributed by atoms with Gasteiger partial charge in [0.2, 0.25) is 0 Å². The number of benzene rings is 2. The molecule has 0 saturated heterocycles. The highest BCUT2D eigenvalue weighted by molar-refractivity contribution is 7.09. The average Bonchev–Trinajstić information content (AvgIpc) is 3.33. The SMILES string of the molecule is Cc1c(C(C)NCc2nc(-c3ccc(F)cc3)cs2)cnn1-c1cccc(F)c1. The maximum Gasteiger partial charge on any atom is 0.125 e. The maximum absolute atomic E-state index is 13.5. The van der Waals surface area contributed by atoms with Crippen LogP contribution < -0.4 is 5.32 Å². The molecule has 7 heteroatoms. The first-order valence-electron chi connectivity index (χ1n) is 9.25. The lowest BCUT2D eigenvalue weighted by atomic mass is 10.1. The summed E-state index contributed by atoms with van der Waals surface area (Å²) in [5.74, 6) is -0.542. The van der Waals surface area contributed by atoms with Crippen molar-refractivity contribution in [3.05, 3.63) is 88.0 Å². The predicted molar refractivity (Wildman–Crippen MR) is 111 cm³/mol. The highest BCUT2D eigenvalue weighted by Crippen LogP contribution is 2.24. The van der Waals surface area contributed by atoms with Crippen LogP contribution in [0.3, 0.4) is 0 Å². The van der Waals surface area contributed by atoms with Gasteiger partial charge in [0.15, 0.2) is 0 Å². The third-order valence-corrected chi connectivity index (χ3v) is 5.67. The van der Waals surface area contributed by atoms with Crippen molar-refractivity contribution < 1.29 is 8.78 Å². The Kier molecular flexibility index (Phi) is 5.51. The lowest BCUT2D eigenvalue weighted by Crippen LogP contribution is -2.18. The molecule has 2 heterocycles. The van der Waals surface area contributed by atoms with Gasteiger partial charge in [-0.05, 0) is 56.3 Å². The van der Waals surface area contributed by atoms with Crippen molar-refractivity contribution in [3.63, 3.8) is 0 Å². The number of aromatic nitrogens is 3. The minimum atomic E-state index is -0.286. The first kappa shape index (κ1) is 19.4. The van der Waals surface area contributed by atoms with Gasteiger partial charge in [-0.15, -0.1) is 11.3 Å². The van der Waals surface area contributed by atoms with E-state index >= 15 is 0 Å². The van der Waals surface area contributed by atoms with Gasteiger partial charge in [-0.25, -0.2) is 18.4 Å². The lowest BCUT2D eigenvalue weighted by Gasteiger charge is -2.13. The highest BCUT2D eigenvalue weighted by Gasteiger charge is 2.15. The van der Waals surface area contributed by atoms with Crippen LogP contribution in [0.2, 0.25) is 0 Å². The predicted octanol–water partition coefficient (Wildman–Crippen LogP) is 5.43. The molecule has 29 heavy (non-hydrogen) atoms. The Balaban J connectivity index is 1.44. The standard InChI is InChI=1S/C22H20F2N4S/c1-14(20-11-26-28(15(20)2)19-5-3-4-18(24)10-19)25-12-22-27-21(13-29-22)16-6-8-17(23)9-7-16/h3-11,13-14,25H,12H2,1-2H3. The van der Waals surface area contributed by atoms with Crippen molar-refractivity contribution in [2.45, 2.75) is 26.4 Å². The molecule has 0 fully saturated rings. The van der Waals surface area contributed by atoms with Crippen molar-refractivity contribution in [2.75, 3.05) is 0 Å². The van der Waals surface area contributed by atoms with E-state index in [0.717, 1.165) is 27.5 Å². The Bertz CT molecular complexity index is 1120. The first-order chi connectivity index (χ1) is 14.0. The summed E-state index contributed by atoms with van der Waals surface area (Å²) < 4.78 is 28.4. The monoisotopic (exact) mass is 410 g/mol. The third-order valence-electron chi connectivity index (χ3n) is 4.82. The minimum Gasteiger partial charge on any atom is -0.304 e. The second-order valence-electron chi connectivity index (χ2n) is 6.81. The topological polar surface area (TPSA) is 42.7 Å². The molecule has 1 N–H and O–H groups in total. The van der Waals surface area contributed by atoms with E-state index in [1.54, 1.807) is 34.2 Å². The van der Waals surface area contributed by atoms with E-state index in [2.05, 4.69) is 22.3 Å². The smallest absolute Gasteiger partial charge is 0.125 e. The number of halogens is 2. The van der Waals surface area contributed by atoms with Crippen LogP contribution in [-0.2, 0) is 6.54 Å². The molecule has 2 aromatic carbocycles. The van der Waals surface area contributed by atoms with Crippen molar-refractivity contribution in [1.29, 1.82) is 0 Å². The number of hydrogen-bond donors (Lipinski definition) is 1. The number of thiazole rings is 1. The second kappa shape index (κ2) is 8.23. The van der Waals surface area contributed by atoms with E-state index in [1.807, 2.05) is 24.6 Å². The molecule has 1 unspecified atom stereocenters. The number of hydrogen-bond acceptors (Lipinski definition) is 4. The van der Waals surface area contributed by atoms with Crippen LogP contribution in [0.5, 0.6) is 0 Å². The molecular weight excluding hydrogens is 390 g/mol. The van der Waals surface area contributed by atoms with E-state index < -0.39 is 0 Å². The van der Waals surface area contributed by atoms with Gasteiger partial charge in [-0.1, -0.05) is 6.07 Å². The summed E-state index contributed by atoms with van der Waals surface area (Å²) in [6, 6.07) is 12.8. The van der Waals surface area contributed by atoms with Crippen LogP contribution in [-0.4, -0.2) is 14.8 Å². The average molecular weight is 410 g/mol. The normalized spacial score (nSPS) is 12.3. The third kappa shape index (κ3) is 4.26. The molecule has 0 saturated carbocycles. The van der Waals surface area contributed by atoms with Gasteiger partial charge in [0, 0.05) is 34.8 Å². The van der Waals surface area contributed by atoms with Gasteiger partial charge >= 0.3 is 0 Å². The van der Waals surface area contributed by atoms with Gasteiger partial charge in [0.05, 0.1) is 17.6 Å². The van der Waals surface area contributed by atoms with E-state index in [9.17, 15) is 8.78 Å². The molecule has 4 rings (SSSR count). The van der Waals surface area contributed by atoms with E-state index in [4.69, 9.17) is 0 Å². The molecular formula is C22H20F2N4S. The molecule has 0 aliphatic rings. The molecule has 0 amide bonds. The molecule has 4 nitrogen and oxygen atoms in total. The Hall–Kier alpha value is -2.90. The summed E-state index contributed by atoms with van der Waals surface area (Å²) in [5, 5.41) is 10.8. The van der Waals surface area contributed by atoms with Crippen LogP contribution in [0.15, 0.2) is 60.1 Å². The van der Waals surface area contributed by atoms with E-state index in [0.29, 0.717) is 12.2 Å². The summed E-state index contributed by atoms with van der Waals surface area (Å²) in [6.45, 7) is 4.65. The van der Waals surface area contributed by atoms with Crippen molar-refractivity contribution in [3.8, 4) is 16.9 Å². The summed E-state index contributed by atoms with van der Waals surface area (Å²) >= 11 is 1.56. The Morgan fingerprint density at radius 1 is 1.10 bits per heavy atom. The molecule has 0 radical (unpaired) electrons. The highest BCUT2D eigenvalue weighted by atomic mass is 32.1. The zero-order valence-corrected chi connectivity index (χ0v) is 16.9.